The van der Waals surface area contributed by atoms with Gasteiger partial charge in [0.05, 0.1) is 23.5 Å². The lowest BCUT2D eigenvalue weighted by Gasteiger charge is -2.39. The third-order valence-electron chi connectivity index (χ3n) is 3.67. The number of rotatable bonds is 3. The molecule has 0 aliphatic carbocycles. The number of methoxy groups -OCH3 is 1. The molecule has 0 saturated carbocycles. The first-order valence-corrected chi connectivity index (χ1v) is 6.70. The minimum Gasteiger partial charge on any atom is -0.453 e. The summed E-state index contributed by atoms with van der Waals surface area (Å²) in [4.78, 5) is 27.5. The molecule has 1 fully saturated rings. The number of pyridine rings is 1. The van der Waals surface area contributed by atoms with E-state index < -0.39 is 4.92 Å². The Morgan fingerprint density at radius 3 is 2.86 bits per heavy atom. The minimum atomic E-state index is -0.421. The van der Waals surface area contributed by atoms with E-state index in [0.29, 0.717) is 18.5 Å². The van der Waals surface area contributed by atoms with Crippen molar-refractivity contribution < 1.29 is 14.5 Å². The Kier molecular flexibility index (Phi) is 3.50. The number of carbonyl (C=O) groups excluding carboxylic acids is 1. The standard InChI is InChI=1S/C14H14N4O4/c1-22-14(19)17-7-9(8-17)16-12-2-3-13(18(20)21)11-6-15-5-4-10(11)12/h2-6,9,16H,7-8H2,1H3. The molecule has 1 aliphatic rings. The molecule has 1 saturated heterocycles. The van der Waals surface area contributed by atoms with Gasteiger partial charge in [0.1, 0.15) is 0 Å². The van der Waals surface area contributed by atoms with E-state index in [9.17, 15) is 14.9 Å². The largest absolute Gasteiger partial charge is 0.453 e. The summed E-state index contributed by atoms with van der Waals surface area (Å²) >= 11 is 0. The van der Waals surface area contributed by atoms with Crippen LogP contribution in [0.5, 0.6) is 0 Å². The highest BCUT2D eigenvalue weighted by Crippen LogP contribution is 2.31. The zero-order chi connectivity index (χ0) is 15.7. The number of nitro benzene ring substituents is 1. The predicted molar refractivity (Wildman–Crippen MR) is 79.8 cm³/mol. The van der Waals surface area contributed by atoms with Gasteiger partial charge in [0.25, 0.3) is 5.69 Å². The van der Waals surface area contributed by atoms with E-state index >= 15 is 0 Å². The maximum Gasteiger partial charge on any atom is 0.409 e. The Morgan fingerprint density at radius 2 is 2.18 bits per heavy atom. The smallest absolute Gasteiger partial charge is 0.409 e. The molecule has 1 aliphatic heterocycles. The van der Waals surface area contributed by atoms with Crippen molar-refractivity contribution in [1.82, 2.24) is 9.88 Å². The highest BCUT2D eigenvalue weighted by atomic mass is 16.6. The van der Waals surface area contributed by atoms with Crippen LogP contribution < -0.4 is 5.32 Å². The highest BCUT2D eigenvalue weighted by Gasteiger charge is 2.31. The van der Waals surface area contributed by atoms with Crippen molar-refractivity contribution in [1.29, 1.82) is 0 Å². The van der Waals surface area contributed by atoms with Gasteiger partial charge in [0.2, 0.25) is 0 Å². The van der Waals surface area contributed by atoms with E-state index in [2.05, 4.69) is 15.0 Å². The van der Waals surface area contributed by atoms with Gasteiger partial charge in [-0.25, -0.2) is 4.79 Å². The number of hydrogen-bond donors (Lipinski definition) is 1. The molecule has 1 N–H and O–H groups in total. The molecule has 1 aromatic carbocycles. The van der Waals surface area contributed by atoms with E-state index in [-0.39, 0.29) is 17.8 Å². The second-order valence-corrected chi connectivity index (χ2v) is 5.03. The zero-order valence-electron chi connectivity index (χ0n) is 11.9. The van der Waals surface area contributed by atoms with Gasteiger partial charge < -0.3 is 15.0 Å². The van der Waals surface area contributed by atoms with Gasteiger partial charge >= 0.3 is 6.09 Å². The number of anilines is 1. The lowest BCUT2D eigenvalue weighted by molar-refractivity contribution is -0.383. The minimum absolute atomic E-state index is 0.0263. The number of non-ortho nitro benzene ring substituents is 1. The normalized spacial score (nSPS) is 14.5. The van der Waals surface area contributed by atoms with Crippen molar-refractivity contribution in [2.24, 2.45) is 0 Å². The molecule has 8 nitrogen and oxygen atoms in total. The molecule has 0 atom stereocenters. The van der Waals surface area contributed by atoms with E-state index in [4.69, 9.17) is 0 Å². The first-order chi connectivity index (χ1) is 10.6. The number of nitro groups is 1. The summed E-state index contributed by atoms with van der Waals surface area (Å²) in [6, 6.07) is 4.98. The van der Waals surface area contributed by atoms with Crippen LogP contribution in [0.2, 0.25) is 0 Å². The van der Waals surface area contributed by atoms with Crippen LogP contribution in [0, 0.1) is 10.1 Å². The van der Waals surface area contributed by atoms with Gasteiger partial charge in [0, 0.05) is 42.6 Å². The Morgan fingerprint density at radius 1 is 1.41 bits per heavy atom. The Balaban J connectivity index is 1.83. The van der Waals surface area contributed by atoms with Crippen molar-refractivity contribution in [2.75, 3.05) is 25.5 Å². The van der Waals surface area contributed by atoms with Crippen LogP contribution in [0.25, 0.3) is 10.8 Å². The van der Waals surface area contributed by atoms with Crippen LogP contribution in [-0.4, -0.2) is 47.1 Å². The number of nitrogens with one attached hydrogen (secondary N) is 1. The van der Waals surface area contributed by atoms with Crippen molar-refractivity contribution in [3.05, 3.63) is 40.7 Å². The molecular formula is C14H14N4O4. The summed E-state index contributed by atoms with van der Waals surface area (Å²) < 4.78 is 4.64. The third-order valence-corrected chi connectivity index (χ3v) is 3.67. The van der Waals surface area contributed by atoms with Crippen molar-refractivity contribution in [2.45, 2.75) is 6.04 Å². The van der Waals surface area contributed by atoms with Crippen LogP contribution >= 0.6 is 0 Å². The molecule has 1 aromatic heterocycles. The molecule has 0 bridgehead atoms. The molecule has 0 radical (unpaired) electrons. The fourth-order valence-electron chi connectivity index (χ4n) is 2.53. The van der Waals surface area contributed by atoms with Crippen LogP contribution in [0.4, 0.5) is 16.2 Å². The van der Waals surface area contributed by atoms with Crippen molar-refractivity contribution in [3.8, 4) is 0 Å². The van der Waals surface area contributed by atoms with Gasteiger partial charge in [-0.15, -0.1) is 0 Å². The van der Waals surface area contributed by atoms with Crippen LogP contribution in [0.15, 0.2) is 30.6 Å². The number of ether oxygens (including phenoxy) is 1. The molecule has 2 heterocycles. The average molecular weight is 302 g/mol. The Labute approximate surface area is 125 Å². The summed E-state index contributed by atoms with van der Waals surface area (Å²) in [6.07, 6.45) is 2.73. The van der Waals surface area contributed by atoms with Gasteiger partial charge in [0.15, 0.2) is 0 Å². The zero-order valence-corrected chi connectivity index (χ0v) is 11.9. The summed E-state index contributed by atoms with van der Waals surface area (Å²) in [5.74, 6) is 0. The van der Waals surface area contributed by atoms with E-state index in [0.717, 1.165) is 11.1 Å². The summed E-state index contributed by atoms with van der Waals surface area (Å²) in [5.41, 5.74) is 0.816. The number of aromatic nitrogens is 1. The number of likely N-dealkylation sites (tertiary alicyclic amines) is 1. The number of nitrogens with zero attached hydrogens (tertiary/aromatic N) is 3. The number of carbonyl (C=O) groups is 1. The Hall–Kier alpha value is -2.90. The van der Waals surface area contributed by atoms with E-state index in [1.165, 1.54) is 19.4 Å². The number of hydrogen-bond acceptors (Lipinski definition) is 6. The third kappa shape index (κ3) is 2.39. The summed E-state index contributed by atoms with van der Waals surface area (Å²) in [7, 11) is 1.35. The van der Waals surface area contributed by atoms with Crippen LogP contribution in [0.3, 0.4) is 0 Å². The van der Waals surface area contributed by atoms with Gasteiger partial charge in [-0.1, -0.05) is 0 Å². The first kappa shape index (κ1) is 14.1. The molecule has 3 rings (SSSR count). The lowest BCUT2D eigenvalue weighted by atomic mass is 10.1. The second-order valence-electron chi connectivity index (χ2n) is 5.03. The first-order valence-electron chi connectivity index (χ1n) is 6.70. The molecule has 114 valence electrons. The van der Waals surface area contributed by atoms with Crippen LogP contribution in [-0.2, 0) is 4.74 Å². The maximum absolute atomic E-state index is 11.3. The highest BCUT2D eigenvalue weighted by molar-refractivity contribution is 5.99. The topological polar surface area (TPSA) is 97.6 Å². The van der Waals surface area contributed by atoms with Gasteiger partial charge in [-0.05, 0) is 12.1 Å². The SMILES string of the molecule is COC(=O)N1CC(Nc2ccc([N+](=O)[O-])c3cnccc23)C1. The molecule has 22 heavy (non-hydrogen) atoms. The number of fused-ring (bicyclic) bond motifs is 1. The number of amides is 1. The summed E-state index contributed by atoms with van der Waals surface area (Å²) in [5, 5.41) is 15.6. The van der Waals surface area contributed by atoms with Crippen molar-refractivity contribution >= 4 is 28.2 Å². The molecule has 0 spiro atoms. The monoisotopic (exact) mass is 302 g/mol. The van der Waals surface area contributed by atoms with E-state index in [1.807, 2.05) is 0 Å². The molecule has 2 aromatic rings. The van der Waals surface area contributed by atoms with Gasteiger partial charge in [-0.3, -0.25) is 15.1 Å². The fraction of sp³-hybridized carbons (Fsp3) is 0.286. The molecule has 0 unspecified atom stereocenters. The van der Waals surface area contributed by atoms with Gasteiger partial charge in [-0.2, -0.15) is 0 Å². The fourth-order valence-corrected chi connectivity index (χ4v) is 2.53. The second kappa shape index (κ2) is 5.47. The summed E-state index contributed by atoms with van der Waals surface area (Å²) in [6.45, 7) is 1.08. The predicted octanol–water partition coefficient (Wildman–Crippen LogP) is 2.01. The Bertz CT molecular complexity index is 743. The maximum atomic E-state index is 11.3. The molecular weight excluding hydrogens is 288 g/mol. The molecule has 1 amide bonds. The van der Waals surface area contributed by atoms with Crippen LogP contribution in [0.1, 0.15) is 0 Å². The molecule has 8 heteroatoms. The van der Waals surface area contributed by atoms with E-state index in [1.54, 1.807) is 23.2 Å². The average Bonchev–Trinajstić information content (AvgIpc) is 2.49. The quantitative estimate of drug-likeness (QED) is 0.688. The van der Waals surface area contributed by atoms with Crippen molar-refractivity contribution in [3.63, 3.8) is 0 Å². The lowest BCUT2D eigenvalue weighted by Crippen LogP contribution is -2.56. The number of benzene rings is 1.